The maximum absolute atomic E-state index is 13.1. The van der Waals surface area contributed by atoms with Crippen LogP contribution < -0.4 is 4.74 Å². The molecule has 0 aromatic heterocycles. The fourth-order valence-corrected chi connectivity index (χ4v) is 4.85. The van der Waals surface area contributed by atoms with E-state index in [4.69, 9.17) is 14.2 Å². The smallest absolute Gasteiger partial charge is 0.333 e. The van der Waals surface area contributed by atoms with Crippen LogP contribution in [-0.2, 0) is 19.1 Å². The minimum Gasteiger partial charge on any atom is -0.490 e. The van der Waals surface area contributed by atoms with Crippen molar-refractivity contribution >= 4 is 29.5 Å². The molecular formula is C37H34O6S. The first kappa shape index (κ1) is 32.0. The van der Waals surface area contributed by atoms with Gasteiger partial charge in [-0.2, -0.15) is 0 Å². The van der Waals surface area contributed by atoms with Gasteiger partial charge in [0.2, 0.25) is 0 Å². The van der Waals surface area contributed by atoms with E-state index in [0.717, 1.165) is 27.1 Å². The van der Waals surface area contributed by atoms with Gasteiger partial charge in [0.05, 0.1) is 0 Å². The minimum atomic E-state index is -0.432. The van der Waals surface area contributed by atoms with Crippen molar-refractivity contribution in [3.8, 4) is 28.0 Å². The molecule has 4 rings (SSSR count). The van der Waals surface area contributed by atoms with Gasteiger partial charge in [-0.1, -0.05) is 86.0 Å². The second kappa shape index (κ2) is 15.5. The van der Waals surface area contributed by atoms with Crippen molar-refractivity contribution in [1.82, 2.24) is 0 Å². The highest BCUT2D eigenvalue weighted by molar-refractivity contribution is 7.99. The van der Waals surface area contributed by atoms with E-state index in [1.165, 1.54) is 0 Å². The third kappa shape index (κ3) is 9.06. The van der Waals surface area contributed by atoms with E-state index in [0.29, 0.717) is 40.4 Å². The summed E-state index contributed by atoms with van der Waals surface area (Å²) in [5.74, 6) is 0.489. The Morgan fingerprint density at radius 1 is 0.568 bits per heavy atom. The zero-order valence-corrected chi connectivity index (χ0v) is 25.7. The Balaban J connectivity index is 1.28. The summed E-state index contributed by atoms with van der Waals surface area (Å²) in [6.45, 7) is 11.1. The highest BCUT2D eigenvalue weighted by Crippen LogP contribution is 2.26. The lowest BCUT2D eigenvalue weighted by Gasteiger charge is -2.09. The van der Waals surface area contributed by atoms with Crippen molar-refractivity contribution in [3.05, 3.63) is 132 Å². The van der Waals surface area contributed by atoms with E-state index in [1.54, 1.807) is 25.6 Å². The molecule has 6 nitrogen and oxygen atoms in total. The van der Waals surface area contributed by atoms with Gasteiger partial charge in [0.15, 0.2) is 5.78 Å². The van der Waals surface area contributed by atoms with E-state index in [9.17, 15) is 14.4 Å². The first-order valence-electron chi connectivity index (χ1n) is 14.1. The van der Waals surface area contributed by atoms with Crippen molar-refractivity contribution in [1.29, 1.82) is 0 Å². The summed E-state index contributed by atoms with van der Waals surface area (Å²) < 4.78 is 15.8. The quantitative estimate of drug-likeness (QED) is 0.0474. The van der Waals surface area contributed by atoms with E-state index in [2.05, 4.69) is 13.2 Å². The molecule has 0 aliphatic carbocycles. The number of carbonyl (C=O) groups excluding carboxylic acids is 3. The van der Waals surface area contributed by atoms with Gasteiger partial charge in [-0.15, -0.1) is 11.8 Å². The number of rotatable bonds is 14. The molecule has 0 amide bonds. The fourth-order valence-electron chi connectivity index (χ4n) is 4.12. The molecule has 0 aliphatic rings. The topological polar surface area (TPSA) is 78.9 Å². The predicted molar refractivity (Wildman–Crippen MR) is 175 cm³/mol. The van der Waals surface area contributed by atoms with Crippen LogP contribution in [0.5, 0.6) is 5.75 Å². The normalized spacial score (nSPS) is 10.5. The van der Waals surface area contributed by atoms with Crippen LogP contribution >= 0.6 is 11.8 Å². The van der Waals surface area contributed by atoms with Crippen LogP contribution in [0.25, 0.3) is 22.3 Å². The third-order valence-electron chi connectivity index (χ3n) is 6.54. The van der Waals surface area contributed by atoms with E-state index in [1.807, 2.05) is 97.1 Å². The number of thioether (sulfide) groups is 1. The largest absolute Gasteiger partial charge is 0.490 e. The number of ketones is 1. The number of ether oxygens (including phenoxy) is 3. The van der Waals surface area contributed by atoms with Crippen LogP contribution in [0.1, 0.15) is 29.8 Å². The van der Waals surface area contributed by atoms with Gasteiger partial charge in [-0.25, -0.2) is 9.59 Å². The predicted octanol–water partition coefficient (Wildman–Crippen LogP) is 7.96. The number of benzene rings is 4. The van der Waals surface area contributed by atoms with Crippen LogP contribution in [0.3, 0.4) is 0 Å². The molecular weight excluding hydrogens is 572 g/mol. The monoisotopic (exact) mass is 606 g/mol. The Hall–Kier alpha value is -4.88. The fraction of sp³-hybridized carbons (Fsp3) is 0.162. The highest BCUT2D eigenvalue weighted by Gasteiger charge is 2.11. The van der Waals surface area contributed by atoms with E-state index >= 15 is 0 Å². The lowest BCUT2D eigenvalue weighted by molar-refractivity contribution is -0.140. The summed E-state index contributed by atoms with van der Waals surface area (Å²) in [4.78, 5) is 37.1. The molecule has 0 radical (unpaired) electrons. The van der Waals surface area contributed by atoms with Crippen molar-refractivity contribution in [3.63, 3.8) is 0 Å². The van der Waals surface area contributed by atoms with Crippen LogP contribution in [0.15, 0.2) is 126 Å². The van der Waals surface area contributed by atoms with Crippen LogP contribution in [0.4, 0.5) is 0 Å². The summed E-state index contributed by atoms with van der Waals surface area (Å²) in [5, 5.41) is 0. The molecule has 0 N–H and O–H groups in total. The van der Waals surface area contributed by atoms with Gasteiger partial charge < -0.3 is 14.2 Å². The molecule has 4 aromatic rings. The number of hydrogen-bond donors (Lipinski definition) is 0. The average Bonchev–Trinajstić information content (AvgIpc) is 3.05. The highest BCUT2D eigenvalue weighted by atomic mass is 32.2. The molecule has 0 saturated heterocycles. The van der Waals surface area contributed by atoms with Crippen LogP contribution in [-0.4, -0.2) is 43.3 Å². The van der Waals surface area contributed by atoms with Crippen molar-refractivity contribution in [2.24, 2.45) is 0 Å². The summed E-state index contributed by atoms with van der Waals surface area (Å²) >= 11 is 1.61. The first-order valence-corrected chi connectivity index (χ1v) is 15.1. The molecule has 0 aliphatic heterocycles. The van der Waals surface area contributed by atoms with E-state index in [-0.39, 0.29) is 25.0 Å². The summed E-state index contributed by atoms with van der Waals surface area (Å²) in [5.41, 5.74) is 6.02. The number of esters is 2. The molecule has 224 valence electrons. The SMILES string of the molecule is C=C(C)C(=O)OCCOc1ccc(-c2ccc(C(=O)c3ccc(-c4ccc(SCCOC(=O)C(=C)C)cc4)cc3)cc2)cc1. The molecule has 0 saturated carbocycles. The second-order valence-electron chi connectivity index (χ2n) is 10.1. The zero-order chi connectivity index (χ0) is 31.5. The van der Waals surface area contributed by atoms with E-state index < -0.39 is 5.97 Å². The van der Waals surface area contributed by atoms with Gasteiger partial charge in [-0.05, 0) is 60.4 Å². The molecule has 0 unspecified atom stereocenters. The molecule has 0 fully saturated rings. The molecule has 44 heavy (non-hydrogen) atoms. The zero-order valence-electron chi connectivity index (χ0n) is 24.8. The Morgan fingerprint density at radius 3 is 1.43 bits per heavy atom. The van der Waals surface area contributed by atoms with Crippen LogP contribution in [0.2, 0.25) is 0 Å². The molecule has 0 heterocycles. The Morgan fingerprint density at radius 2 is 0.977 bits per heavy atom. The lowest BCUT2D eigenvalue weighted by atomic mass is 9.97. The molecule has 0 bridgehead atoms. The van der Waals surface area contributed by atoms with Crippen molar-refractivity contribution in [2.75, 3.05) is 25.6 Å². The first-order chi connectivity index (χ1) is 21.2. The van der Waals surface area contributed by atoms with Crippen molar-refractivity contribution < 1.29 is 28.6 Å². The third-order valence-corrected chi connectivity index (χ3v) is 7.51. The lowest BCUT2D eigenvalue weighted by Crippen LogP contribution is -2.12. The Kier molecular flexibility index (Phi) is 11.3. The summed E-state index contributed by atoms with van der Waals surface area (Å²) in [6, 6.07) is 30.9. The maximum Gasteiger partial charge on any atom is 0.333 e. The Bertz CT molecular complexity index is 1500. The molecule has 0 spiro atoms. The molecule has 4 aromatic carbocycles. The molecule has 0 atom stereocenters. The van der Waals surface area contributed by atoms with Gasteiger partial charge >= 0.3 is 11.9 Å². The number of hydrogen-bond acceptors (Lipinski definition) is 7. The van der Waals surface area contributed by atoms with Gasteiger partial charge in [0.25, 0.3) is 0 Å². The Labute approximate surface area is 262 Å². The molecule has 7 heteroatoms. The second-order valence-corrected chi connectivity index (χ2v) is 11.2. The maximum atomic E-state index is 13.1. The standard InChI is InChI=1S/C37H34O6S/c1-25(2)36(39)42-22-21-41-33-17-13-29(14-18-33)27-5-9-31(10-6-27)35(38)32-11-7-28(8-12-32)30-15-19-34(20-16-30)44-24-23-43-37(40)26(3)4/h5-20H,1,3,21-24H2,2,4H3. The van der Waals surface area contributed by atoms with Gasteiger partial charge in [-0.3, -0.25) is 4.79 Å². The number of carbonyl (C=O) groups is 3. The summed E-state index contributed by atoms with van der Waals surface area (Å²) in [7, 11) is 0. The average molecular weight is 607 g/mol. The minimum absolute atomic E-state index is 0.0432. The summed E-state index contributed by atoms with van der Waals surface area (Å²) in [6.07, 6.45) is 0. The van der Waals surface area contributed by atoms with Gasteiger partial charge in [0, 0.05) is 32.9 Å². The van der Waals surface area contributed by atoms with Crippen molar-refractivity contribution in [2.45, 2.75) is 18.7 Å². The van der Waals surface area contributed by atoms with Crippen LogP contribution in [0, 0.1) is 0 Å². The van der Waals surface area contributed by atoms with Gasteiger partial charge in [0.1, 0.15) is 25.6 Å².